The van der Waals surface area contributed by atoms with Crippen molar-refractivity contribution in [1.29, 1.82) is 0 Å². The van der Waals surface area contributed by atoms with Crippen LogP contribution in [0.4, 0.5) is 0 Å². The minimum absolute atomic E-state index is 0.0631. The highest BCUT2D eigenvalue weighted by Crippen LogP contribution is 2.31. The highest BCUT2D eigenvalue weighted by molar-refractivity contribution is 6.01. The van der Waals surface area contributed by atoms with Gasteiger partial charge in [0.1, 0.15) is 17.0 Å². The fourth-order valence-corrected chi connectivity index (χ4v) is 4.82. The van der Waals surface area contributed by atoms with Crippen LogP contribution in [0.15, 0.2) is 30.3 Å². The quantitative estimate of drug-likeness (QED) is 0.579. The average Bonchev–Trinajstić information content (AvgIpc) is 3.28. The van der Waals surface area contributed by atoms with E-state index in [1.165, 1.54) is 17.2 Å². The Balaban J connectivity index is 1.65. The Morgan fingerprint density at radius 1 is 1.11 bits per heavy atom. The number of hydrogen-bond donors (Lipinski definition) is 1. The summed E-state index contributed by atoms with van der Waals surface area (Å²) in [6, 6.07) is 9.06. The van der Waals surface area contributed by atoms with Gasteiger partial charge in [0.25, 0.3) is 5.91 Å². The van der Waals surface area contributed by atoms with Crippen LogP contribution < -0.4 is 10.1 Å². The lowest BCUT2D eigenvalue weighted by molar-refractivity contribution is -0.134. The van der Waals surface area contributed by atoms with Crippen LogP contribution in [-0.2, 0) is 22.6 Å². The molecule has 9 heteroatoms. The van der Waals surface area contributed by atoms with Gasteiger partial charge in [-0.1, -0.05) is 31.4 Å². The van der Waals surface area contributed by atoms with Gasteiger partial charge in [0.15, 0.2) is 5.69 Å². The van der Waals surface area contributed by atoms with Gasteiger partial charge in [-0.3, -0.25) is 14.3 Å². The number of benzene rings is 1. The second kappa shape index (κ2) is 10.5. The zero-order chi connectivity index (χ0) is 25.0. The van der Waals surface area contributed by atoms with Crippen molar-refractivity contribution >= 4 is 17.8 Å². The third-order valence-corrected chi connectivity index (χ3v) is 6.79. The van der Waals surface area contributed by atoms with E-state index in [0.717, 1.165) is 37.0 Å². The molecule has 1 aliphatic carbocycles. The zero-order valence-corrected chi connectivity index (χ0v) is 20.7. The largest absolute Gasteiger partial charge is 0.494 e. The van der Waals surface area contributed by atoms with E-state index in [2.05, 4.69) is 10.4 Å². The van der Waals surface area contributed by atoms with Gasteiger partial charge in [-0.15, -0.1) is 0 Å². The number of ether oxygens (including phenoxy) is 2. The summed E-state index contributed by atoms with van der Waals surface area (Å²) in [5.74, 6) is -0.401. The van der Waals surface area contributed by atoms with Crippen LogP contribution >= 0.6 is 0 Å². The molecule has 1 N–H and O–H groups in total. The average molecular weight is 483 g/mol. The van der Waals surface area contributed by atoms with Gasteiger partial charge in [0, 0.05) is 18.7 Å². The van der Waals surface area contributed by atoms with E-state index in [-0.39, 0.29) is 48.9 Å². The highest BCUT2D eigenvalue weighted by Gasteiger charge is 2.48. The van der Waals surface area contributed by atoms with E-state index in [9.17, 15) is 14.4 Å². The SMILES string of the molecule is CCOC(=O)c1cc2n(n1)C[C@@](C)(C(=O)NC1CCCCC1)N(Cc1ccc(OCC)cc1)C2=O. The summed E-state index contributed by atoms with van der Waals surface area (Å²) in [6.45, 7) is 6.56. The summed E-state index contributed by atoms with van der Waals surface area (Å²) >= 11 is 0. The Morgan fingerprint density at radius 3 is 2.49 bits per heavy atom. The molecule has 35 heavy (non-hydrogen) atoms. The lowest BCUT2D eigenvalue weighted by Crippen LogP contribution is -2.64. The molecule has 1 fully saturated rings. The van der Waals surface area contributed by atoms with Gasteiger partial charge in [0.2, 0.25) is 5.91 Å². The topological polar surface area (TPSA) is 103 Å². The molecule has 0 bridgehead atoms. The summed E-state index contributed by atoms with van der Waals surface area (Å²) in [5, 5.41) is 7.50. The summed E-state index contributed by atoms with van der Waals surface area (Å²) in [6.07, 6.45) is 5.23. The number of carbonyl (C=O) groups excluding carboxylic acids is 3. The summed E-state index contributed by atoms with van der Waals surface area (Å²) < 4.78 is 12.1. The number of fused-ring (bicyclic) bond motifs is 1. The van der Waals surface area contributed by atoms with Crippen molar-refractivity contribution in [3.63, 3.8) is 0 Å². The maximum absolute atomic E-state index is 13.7. The second-order valence-electron chi connectivity index (χ2n) is 9.34. The Labute approximate surface area is 205 Å². The number of rotatable bonds is 8. The maximum atomic E-state index is 13.7. The smallest absolute Gasteiger partial charge is 0.358 e. The van der Waals surface area contributed by atoms with Crippen molar-refractivity contribution in [2.45, 2.75) is 77.5 Å². The first kappa shape index (κ1) is 24.8. The Kier molecular flexibility index (Phi) is 7.42. The van der Waals surface area contributed by atoms with E-state index < -0.39 is 11.5 Å². The zero-order valence-electron chi connectivity index (χ0n) is 20.7. The van der Waals surface area contributed by atoms with E-state index in [4.69, 9.17) is 9.47 Å². The fraction of sp³-hybridized carbons (Fsp3) is 0.538. The Morgan fingerprint density at radius 2 is 1.83 bits per heavy atom. The fourth-order valence-electron chi connectivity index (χ4n) is 4.82. The summed E-state index contributed by atoms with van der Waals surface area (Å²) in [5.41, 5.74) is 0.0186. The van der Waals surface area contributed by atoms with Crippen molar-refractivity contribution in [1.82, 2.24) is 20.0 Å². The van der Waals surface area contributed by atoms with Gasteiger partial charge in [0.05, 0.1) is 19.8 Å². The first-order valence-corrected chi connectivity index (χ1v) is 12.5. The Hall–Kier alpha value is -3.36. The molecule has 1 aromatic heterocycles. The standard InChI is InChI=1S/C26H34N4O5/c1-4-34-20-13-11-18(12-14-20)16-29-23(31)22-15-21(24(32)35-5-2)28-30(22)17-26(29,3)25(33)27-19-9-7-6-8-10-19/h11-15,19H,4-10,16-17H2,1-3H3,(H,27,33)/t26-/m0/s1. The van der Waals surface area contributed by atoms with E-state index in [0.29, 0.717) is 6.61 Å². The van der Waals surface area contributed by atoms with Gasteiger partial charge >= 0.3 is 5.97 Å². The lowest BCUT2D eigenvalue weighted by Gasteiger charge is -2.44. The minimum atomic E-state index is -1.18. The number of esters is 1. The van der Waals surface area contributed by atoms with Crippen molar-refractivity contribution in [3.8, 4) is 5.75 Å². The Bertz CT molecular complexity index is 1070. The predicted octanol–water partition coefficient (Wildman–Crippen LogP) is 3.32. The molecule has 0 spiro atoms. The number of nitrogens with one attached hydrogen (secondary N) is 1. The monoisotopic (exact) mass is 482 g/mol. The molecular weight excluding hydrogens is 448 g/mol. The molecule has 2 heterocycles. The first-order valence-electron chi connectivity index (χ1n) is 12.5. The van der Waals surface area contributed by atoms with Crippen molar-refractivity contribution in [2.75, 3.05) is 13.2 Å². The summed E-state index contributed by atoms with van der Waals surface area (Å²) in [4.78, 5) is 41.2. The molecule has 2 amide bonds. The molecule has 1 saturated carbocycles. The number of hydrogen-bond acceptors (Lipinski definition) is 6. The van der Waals surface area contributed by atoms with Crippen molar-refractivity contribution in [2.24, 2.45) is 0 Å². The van der Waals surface area contributed by atoms with E-state index in [1.54, 1.807) is 18.7 Å². The summed E-state index contributed by atoms with van der Waals surface area (Å²) in [7, 11) is 0. The molecular formula is C26H34N4O5. The van der Waals surface area contributed by atoms with Gasteiger partial charge < -0.3 is 19.7 Å². The highest BCUT2D eigenvalue weighted by atomic mass is 16.5. The second-order valence-corrected chi connectivity index (χ2v) is 9.34. The van der Waals surface area contributed by atoms with Crippen LogP contribution in [0.2, 0.25) is 0 Å². The minimum Gasteiger partial charge on any atom is -0.494 e. The molecule has 0 unspecified atom stereocenters. The van der Waals surface area contributed by atoms with E-state index in [1.807, 2.05) is 31.2 Å². The van der Waals surface area contributed by atoms with Gasteiger partial charge in [-0.2, -0.15) is 5.10 Å². The molecule has 9 nitrogen and oxygen atoms in total. The van der Waals surface area contributed by atoms with Crippen LogP contribution in [0, 0.1) is 0 Å². The van der Waals surface area contributed by atoms with Crippen LogP contribution in [0.3, 0.4) is 0 Å². The third-order valence-electron chi connectivity index (χ3n) is 6.79. The number of nitrogens with zero attached hydrogens (tertiary/aromatic N) is 3. The number of aromatic nitrogens is 2. The molecule has 188 valence electrons. The van der Waals surface area contributed by atoms with Crippen molar-refractivity contribution in [3.05, 3.63) is 47.3 Å². The molecule has 1 aliphatic heterocycles. The molecule has 0 saturated heterocycles. The third kappa shape index (κ3) is 5.18. The van der Waals surface area contributed by atoms with Gasteiger partial charge in [-0.05, 0) is 51.3 Å². The molecule has 2 aromatic rings. The lowest BCUT2D eigenvalue weighted by atomic mass is 9.91. The molecule has 1 atom stereocenters. The van der Waals surface area contributed by atoms with Crippen molar-refractivity contribution < 1.29 is 23.9 Å². The molecule has 0 radical (unpaired) electrons. The first-order chi connectivity index (χ1) is 16.9. The normalized spacial score (nSPS) is 20.3. The van der Waals surface area contributed by atoms with E-state index >= 15 is 0 Å². The van der Waals surface area contributed by atoms with Crippen LogP contribution in [-0.4, -0.2) is 57.3 Å². The molecule has 4 rings (SSSR count). The van der Waals surface area contributed by atoms with Crippen LogP contribution in [0.5, 0.6) is 5.75 Å². The van der Waals surface area contributed by atoms with Crippen LogP contribution in [0.1, 0.15) is 79.4 Å². The molecule has 2 aliphatic rings. The predicted molar refractivity (Wildman–Crippen MR) is 129 cm³/mol. The van der Waals surface area contributed by atoms with Gasteiger partial charge in [-0.25, -0.2) is 4.79 Å². The molecule has 1 aromatic carbocycles. The van der Waals surface area contributed by atoms with Crippen LogP contribution in [0.25, 0.3) is 0 Å². The maximum Gasteiger partial charge on any atom is 0.358 e. The number of carbonyl (C=O) groups is 3. The number of amides is 2.